The van der Waals surface area contributed by atoms with Gasteiger partial charge in [0, 0.05) is 10.0 Å². The number of rotatable bonds is 3. The summed E-state index contributed by atoms with van der Waals surface area (Å²) in [6, 6.07) is 1.10. The van der Waals surface area contributed by atoms with Crippen LogP contribution in [-0.4, -0.2) is 12.6 Å². The minimum absolute atomic E-state index is 0.0909. The third kappa shape index (κ3) is 3.01. The Kier molecular flexibility index (Phi) is 4.86. The molecule has 0 heterocycles. The molecule has 1 aromatic rings. The van der Waals surface area contributed by atoms with E-state index in [1.165, 1.54) is 0 Å². The molecule has 0 radical (unpaired) electrons. The third-order valence-electron chi connectivity index (χ3n) is 1.84. The smallest absolute Gasteiger partial charge is 0.310 e. The molecule has 0 bridgehead atoms. The van der Waals surface area contributed by atoms with E-state index in [1.807, 2.05) is 0 Å². The maximum atomic E-state index is 13.6. The van der Waals surface area contributed by atoms with Gasteiger partial charge in [0.1, 0.15) is 11.6 Å². The largest absolute Gasteiger partial charge is 0.466 e. The average molecular weight is 358 g/mol. The Labute approximate surface area is 108 Å². The monoisotopic (exact) mass is 356 g/mol. The first kappa shape index (κ1) is 13.6. The molecule has 1 aromatic carbocycles. The second kappa shape index (κ2) is 5.72. The number of ether oxygens (including phenoxy) is 1. The normalized spacial score (nSPS) is 10.3. The molecule has 0 saturated heterocycles. The number of halogens is 4. The van der Waals surface area contributed by atoms with Gasteiger partial charge in [-0.2, -0.15) is 0 Å². The molecule has 0 aromatic heterocycles. The zero-order chi connectivity index (χ0) is 12.3. The fraction of sp³-hybridized carbons (Fsp3) is 0.300. The van der Waals surface area contributed by atoms with Crippen molar-refractivity contribution in [2.75, 3.05) is 6.61 Å². The first-order valence-corrected chi connectivity index (χ1v) is 6.03. The molecule has 88 valence electrons. The lowest BCUT2D eigenvalue weighted by Gasteiger charge is -2.07. The summed E-state index contributed by atoms with van der Waals surface area (Å²) in [5.74, 6) is -2.23. The van der Waals surface area contributed by atoms with E-state index >= 15 is 0 Å². The number of esters is 1. The highest BCUT2D eigenvalue weighted by Gasteiger charge is 2.18. The molecule has 0 atom stereocenters. The summed E-state index contributed by atoms with van der Waals surface area (Å²) in [6.45, 7) is 1.81. The highest BCUT2D eigenvalue weighted by molar-refractivity contribution is 9.13. The lowest BCUT2D eigenvalue weighted by molar-refractivity contribution is -0.142. The molecule has 0 fully saturated rings. The number of carbonyl (C=O) groups excluding carboxylic acids is 1. The van der Waals surface area contributed by atoms with Crippen LogP contribution in [0.5, 0.6) is 0 Å². The van der Waals surface area contributed by atoms with Crippen molar-refractivity contribution in [3.8, 4) is 0 Å². The summed E-state index contributed by atoms with van der Waals surface area (Å²) in [6.07, 6.45) is -0.419. The molecule has 0 saturated carbocycles. The van der Waals surface area contributed by atoms with Crippen LogP contribution < -0.4 is 0 Å². The maximum absolute atomic E-state index is 13.6. The Balaban J connectivity index is 3.05. The van der Waals surface area contributed by atoms with Gasteiger partial charge in [0.25, 0.3) is 0 Å². The molecule has 16 heavy (non-hydrogen) atoms. The fourth-order valence-corrected chi connectivity index (χ4v) is 1.85. The minimum atomic E-state index is -0.792. The number of benzene rings is 1. The van der Waals surface area contributed by atoms with Gasteiger partial charge in [-0.3, -0.25) is 4.79 Å². The summed E-state index contributed by atoms with van der Waals surface area (Å²) < 4.78 is 32.0. The van der Waals surface area contributed by atoms with Crippen LogP contribution in [0, 0.1) is 11.6 Å². The second-order valence-corrected chi connectivity index (χ2v) is 4.58. The number of carbonyl (C=O) groups is 1. The quantitative estimate of drug-likeness (QED) is 0.469. The van der Waals surface area contributed by atoms with Crippen molar-refractivity contribution in [2.45, 2.75) is 13.3 Å². The summed E-state index contributed by atoms with van der Waals surface area (Å²) >= 11 is 5.94. The van der Waals surface area contributed by atoms with E-state index in [4.69, 9.17) is 0 Å². The molecule has 1 rings (SSSR count). The molecule has 0 aliphatic carbocycles. The first-order chi connectivity index (χ1) is 7.47. The van der Waals surface area contributed by atoms with E-state index in [9.17, 15) is 13.6 Å². The molecule has 0 amide bonds. The van der Waals surface area contributed by atoms with E-state index < -0.39 is 24.0 Å². The lowest BCUT2D eigenvalue weighted by Crippen LogP contribution is -2.11. The van der Waals surface area contributed by atoms with Gasteiger partial charge < -0.3 is 4.74 Å². The second-order valence-electron chi connectivity index (χ2n) is 2.93. The van der Waals surface area contributed by atoms with Crippen LogP contribution in [0.4, 0.5) is 8.78 Å². The van der Waals surface area contributed by atoms with Crippen molar-refractivity contribution < 1.29 is 18.3 Å². The zero-order valence-electron chi connectivity index (χ0n) is 8.32. The van der Waals surface area contributed by atoms with E-state index in [-0.39, 0.29) is 21.1 Å². The Morgan fingerprint density at radius 1 is 1.44 bits per heavy atom. The van der Waals surface area contributed by atoms with Gasteiger partial charge in [-0.1, -0.05) is 0 Å². The van der Waals surface area contributed by atoms with Crippen LogP contribution in [0.1, 0.15) is 12.5 Å². The highest BCUT2D eigenvalue weighted by atomic mass is 79.9. The van der Waals surface area contributed by atoms with Gasteiger partial charge >= 0.3 is 5.97 Å². The van der Waals surface area contributed by atoms with Crippen molar-refractivity contribution in [1.29, 1.82) is 0 Å². The van der Waals surface area contributed by atoms with Crippen molar-refractivity contribution in [3.05, 3.63) is 32.2 Å². The van der Waals surface area contributed by atoms with Gasteiger partial charge in [0.05, 0.1) is 17.5 Å². The zero-order valence-corrected chi connectivity index (χ0v) is 11.5. The predicted molar refractivity (Wildman–Crippen MR) is 62.1 cm³/mol. The standard InChI is InChI=1S/C10H8Br2F2O2/c1-2-16-8(15)3-5-7(13)4-6(11)9(12)10(5)14/h4H,2-3H2,1H3. The molecule has 0 N–H and O–H groups in total. The van der Waals surface area contributed by atoms with Gasteiger partial charge in [0.2, 0.25) is 0 Å². The fourth-order valence-electron chi connectivity index (χ4n) is 1.12. The van der Waals surface area contributed by atoms with Gasteiger partial charge in [-0.25, -0.2) is 8.78 Å². The highest BCUT2D eigenvalue weighted by Crippen LogP contribution is 2.30. The van der Waals surface area contributed by atoms with Crippen LogP contribution >= 0.6 is 31.9 Å². The Morgan fingerprint density at radius 3 is 2.62 bits per heavy atom. The topological polar surface area (TPSA) is 26.3 Å². The van der Waals surface area contributed by atoms with E-state index in [1.54, 1.807) is 6.92 Å². The third-order valence-corrected chi connectivity index (χ3v) is 3.77. The molecule has 0 aliphatic heterocycles. The Hall–Kier alpha value is -0.490. The van der Waals surface area contributed by atoms with E-state index in [0.717, 1.165) is 6.07 Å². The first-order valence-electron chi connectivity index (χ1n) is 4.44. The van der Waals surface area contributed by atoms with Crippen molar-refractivity contribution in [1.82, 2.24) is 0 Å². The molecule has 0 aliphatic rings. The molecule has 2 nitrogen and oxygen atoms in total. The van der Waals surface area contributed by atoms with Crippen molar-refractivity contribution in [3.63, 3.8) is 0 Å². The van der Waals surface area contributed by atoms with Gasteiger partial charge in [0.15, 0.2) is 0 Å². The SMILES string of the molecule is CCOC(=O)Cc1c(F)cc(Br)c(Br)c1F. The lowest BCUT2D eigenvalue weighted by atomic mass is 10.1. The molecular weight excluding hydrogens is 350 g/mol. The van der Waals surface area contributed by atoms with Crippen LogP contribution in [0.25, 0.3) is 0 Å². The van der Waals surface area contributed by atoms with E-state index in [2.05, 4.69) is 36.6 Å². The Bertz CT molecular complexity index is 422. The van der Waals surface area contributed by atoms with Crippen LogP contribution in [0.3, 0.4) is 0 Å². The van der Waals surface area contributed by atoms with Crippen LogP contribution in [0.15, 0.2) is 15.0 Å². The van der Waals surface area contributed by atoms with Crippen LogP contribution in [0.2, 0.25) is 0 Å². The maximum Gasteiger partial charge on any atom is 0.310 e. The summed E-state index contributed by atoms with van der Waals surface area (Å²) in [7, 11) is 0. The number of hydrogen-bond donors (Lipinski definition) is 0. The van der Waals surface area contributed by atoms with Crippen LogP contribution in [-0.2, 0) is 16.0 Å². The predicted octanol–water partition coefficient (Wildman–Crippen LogP) is 3.60. The summed E-state index contributed by atoms with van der Waals surface area (Å²) in [4.78, 5) is 11.1. The Morgan fingerprint density at radius 2 is 2.06 bits per heavy atom. The van der Waals surface area contributed by atoms with Gasteiger partial charge in [-0.15, -0.1) is 0 Å². The van der Waals surface area contributed by atoms with Crippen molar-refractivity contribution in [2.24, 2.45) is 0 Å². The molecule has 0 spiro atoms. The summed E-state index contributed by atoms with van der Waals surface area (Å²) in [5.41, 5.74) is -0.298. The molecular formula is C10H8Br2F2O2. The molecule has 6 heteroatoms. The minimum Gasteiger partial charge on any atom is -0.466 e. The average Bonchev–Trinajstić information content (AvgIpc) is 2.22. The van der Waals surface area contributed by atoms with Gasteiger partial charge in [-0.05, 0) is 44.8 Å². The van der Waals surface area contributed by atoms with E-state index in [0.29, 0.717) is 0 Å². The number of hydrogen-bond acceptors (Lipinski definition) is 2. The summed E-state index contributed by atoms with van der Waals surface area (Å²) in [5, 5.41) is 0. The van der Waals surface area contributed by atoms with Crippen molar-refractivity contribution >= 4 is 37.8 Å². The molecule has 0 unspecified atom stereocenters.